The van der Waals surface area contributed by atoms with Crippen LogP contribution in [-0.2, 0) is 4.79 Å². The molecule has 4 N–H and O–H groups in total. The van der Waals surface area contributed by atoms with E-state index in [0.29, 0.717) is 5.69 Å². The largest absolute Gasteiger partial charge is 0.478 e. The summed E-state index contributed by atoms with van der Waals surface area (Å²) in [5, 5.41) is 12.0. The SMILES string of the molecule is Cc1nsc(NC(=O)C(C)(C)C(C)(C)N)c1C(=O)O. The monoisotopic (exact) mass is 285 g/mol. The van der Waals surface area contributed by atoms with E-state index >= 15 is 0 Å². The number of aromatic nitrogens is 1. The second-order valence-electron chi connectivity index (χ2n) is 5.58. The molecule has 7 heteroatoms. The van der Waals surface area contributed by atoms with Crippen LogP contribution in [-0.4, -0.2) is 26.9 Å². The fourth-order valence-corrected chi connectivity index (χ4v) is 2.04. The first-order chi connectivity index (χ1) is 8.48. The van der Waals surface area contributed by atoms with E-state index in [1.165, 1.54) is 0 Å². The zero-order chi connectivity index (χ0) is 15.0. The molecule has 1 amide bonds. The molecule has 0 spiro atoms. The fourth-order valence-electron chi connectivity index (χ4n) is 1.26. The lowest BCUT2D eigenvalue weighted by atomic mass is 9.74. The Morgan fingerprint density at radius 3 is 2.26 bits per heavy atom. The third-order valence-corrected chi connectivity index (χ3v) is 4.34. The van der Waals surface area contributed by atoms with Crippen molar-refractivity contribution in [3.8, 4) is 0 Å². The number of hydrogen-bond donors (Lipinski definition) is 3. The molecule has 19 heavy (non-hydrogen) atoms. The third kappa shape index (κ3) is 2.93. The van der Waals surface area contributed by atoms with Crippen molar-refractivity contribution in [1.82, 2.24) is 4.37 Å². The van der Waals surface area contributed by atoms with Gasteiger partial charge in [-0.25, -0.2) is 4.79 Å². The van der Waals surface area contributed by atoms with Crippen LogP contribution in [0.2, 0.25) is 0 Å². The zero-order valence-corrected chi connectivity index (χ0v) is 12.5. The molecule has 1 aromatic heterocycles. The van der Waals surface area contributed by atoms with Crippen molar-refractivity contribution in [3.05, 3.63) is 11.3 Å². The molecule has 1 aromatic rings. The van der Waals surface area contributed by atoms with E-state index in [-0.39, 0.29) is 16.5 Å². The van der Waals surface area contributed by atoms with E-state index in [2.05, 4.69) is 9.69 Å². The molecule has 0 fully saturated rings. The lowest BCUT2D eigenvalue weighted by molar-refractivity contribution is -0.126. The van der Waals surface area contributed by atoms with Gasteiger partial charge in [0.05, 0.1) is 11.1 Å². The normalized spacial score (nSPS) is 12.3. The number of carboxylic acids is 1. The first-order valence-electron chi connectivity index (χ1n) is 5.78. The van der Waals surface area contributed by atoms with Crippen LogP contribution in [0.1, 0.15) is 43.7 Å². The Kier molecular flexibility index (Phi) is 4.02. The minimum absolute atomic E-state index is 0.0315. The number of carbonyl (C=O) groups is 2. The molecule has 0 aromatic carbocycles. The number of hydrogen-bond acceptors (Lipinski definition) is 5. The summed E-state index contributed by atoms with van der Waals surface area (Å²) in [6, 6.07) is 0. The molecule has 1 heterocycles. The lowest BCUT2D eigenvalue weighted by Crippen LogP contribution is -2.53. The first kappa shape index (κ1) is 15.6. The second kappa shape index (κ2) is 4.90. The summed E-state index contributed by atoms with van der Waals surface area (Å²) in [5.41, 5.74) is 4.82. The van der Waals surface area contributed by atoms with Crippen molar-refractivity contribution < 1.29 is 14.7 Å². The highest BCUT2D eigenvalue weighted by Gasteiger charge is 2.41. The van der Waals surface area contributed by atoms with Gasteiger partial charge >= 0.3 is 5.97 Å². The van der Waals surface area contributed by atoms with Gasteiger partial charge < -0.3 is 16.2 Å². The predicted molar refractivity (Wildman–Crippen MR) is 74.5 cm³/mol. The number of anilines is 1. The fraction of sp³-hybridized carbons (Fsp3) is 0.583. The van der Waals surface area contributed by atoms with Gasteiger partial charge in [0, 0.05) is 5.54 Å². The summed E-state index contributed by atoms with van der Waals surface area (Å²) in [5.74, 6) is -1.43. The average Bonchev–Trinajstić information content (AvgIpc) is 2.57. The Labute approximate surface area is 116 Å². The molecule has 0 bridgehead atoms. The van der Waals surface area contributed by atoms with Crippen LogP contribution in [0, 0.1) is 12.3 Å². The highest BCUT2D eigenvalue weighted by molar-refractivity contribution is 7.11. The van der Waals surface area contributed by atoms with E-state index in [4.69, 9.17) is 10.8 Å². The van der Waals surface area contributed by atoms with Crippen molar-refractivity contribution >= 4 is 28.4 Å². The second-order valence-corrected chi connectivity index (χ2v) is 6.35. The summed E-state index contributed by atoms with van der Waals surface area (Å²) < 4.78 is 3.95. The number of nitrogens with two attached hydrogens (primary N) is 1. The van der Waals surface area contributed by atoms with Gasteiger partial charge in [-0.1, -0.05) is 0 Å². The minimum Gasteiger partial charge on any atom is -0.478 e. The maximum absolute atomic E-state index is 12.3. The number of nitrogens with zero attached hydrogens (tertiary/aromatic N) is 1. The molecule has 0 atom stereocenters. The van der Waals surface area contributed by atoms with Gasteiger partial charge in [-0.3, -0.25) is 4.79 Å². The van der Waals surface area contributed by atoms with Gasteiger partial charge in [0.25, 0.3) is 0 Å². The molecule has 106 valence electrons. The van der Waals surface area contributed by atoms with Crippen LogP contribution in [0.25, 0.3) is 0 Å². The number of amides is 1. The van der Waals surface area contributed by atoms with Gasteiger partial charge in [0.1, 0.15) is 10.6 Å². The van der Waals surface area contributed by atoms with Crippen molar-refractivity contribution in [2.45, 2.75) is 40.2 Å². The van der Waals surface area contributed by atoms with Crippen molar-refractivity contribution in [3.63, 3.8) is 0 Å². The molecule has 6 nitrogen and oxygen atoms in total. The summed E-state index contributed by atoms with van der Waals surface area (Å²) >= 11 is 0.956. The van der Waals surface area contributed by atoms with Crippen LogP contribution in [0.5, 0.6) is 0 Å². The minimum atomic E-state index is -1.11. The molecule has 0 radical (unpaired) electrons. The Morgan fingerprint density at radius 2 is 1.84 bits per heavy atom. The third-order valence-electron chi connectivity index (χ3n) is 3.48. The topological polar surface area (TPSA) is 105 Å². The molecule has 0 aliphatic carbocycles. The maximum atomic E-state index is 12.3. The van der Waals surface area contributed by atoms with E-state index in [1.807, 2.05) is 0 Å². The van der Waals surface area contributed by atoms with Crippen LogP contribution in [0.4, 0.5) is 5.00 Å². The van der Waals surface area contributed by atoms with Crippen molar-refractivity contribution in [1.29, 1.82) is 0 Å². The summed E-state index contributed by atoms with van der Waals surface area (Å²) in [6.45, 7) is 8.53. The smallest absolute Gasteiger partial charge is 0.340 e. The summed E-state index contributed by atoms with van der Waals surface area (Å²) in [4.78, 5) is 23.4. The molecule has 0 saturated heterocycles. The molecular formula is C12H19N3O3S. The van der Waals surface area contributed by atoms with E-state index in [1.54, 1.807) is 34.6 Å². The quantitative estimate of drug-likeness (QED) is 0.783. The van der Waals surface area contributed by atoms with Gasteiger partial charge in [0.2, 0.25) is 5.91 Å². The van der Waals surface area contributed by atoms with Crippen molar-refractivity contribution in [2.24, 2.45) is 11.1 Å². The molecule has 0 aliphatic heterocycles. The lowest BCUT2D eigenvalue weighted by Gasteiger charge is -2.36. The number of carbonyl (C=O) groups excluding carboxylic acids is 1. The number of nitrogens with one attached hydrogen (secondary N) is 1. The Bertz CT molecular complexity index is 515. The van der Waals surface area contributed by atoms with Gasteiger partial charge in [-0.15, -0.1) is 0 Å². The molecule has 0 aliphatic rings. The number of rotatable bonds is 4. The summed E-state index contributed by atoms with van der Waals surface area (Å²) in [6.07, 6.45) is 0. The summed E-state index contributed by atoms with van der Waals surface area (Å²) in [7, 11) is 0. The molecule has 1 rings (SSSR count). The van der Waals surface area contributed by atoms with Crippen LogP contribution in [0.15, 0.2) is 0 Å². The van der Waals surface area contributed by atoms with E-state index in [0.717, 1.165) is 11.5 Å². The highest BCUT2D eigenvalue weighted by atomic mass is 32.1. The average molecular weight is 285 g/mol. The molecule has 0 unspecified atom stereocenters. The zero-order valence-electron chi connectivity index (χ0n) is 11.7. The molecule has 0 saturated carbocycles. The van der Waals surface area contributed by atoms with Gasteiger partial charge in [0.15, 0.2) is 0 Å². The number of carboxylic acid groups (broad SMARTS) is 1. The predicted octanol–water partition coefficient (Wildman–Crippen LogP) is 1.85. The van der Waals surface area contributed by atoms with Crippen LogP contribution in [0.3, 0.4) is 0 Å². The Morgan fingerprint density at radius 1 is 1.32 bits per heavy atom. The maximum Gasteiger partial charge on any atom is 0.340 e. The van der Waals surface area contributed by atoms with Crippen molar-refractivity contribution in [2.75, 3.05) is 5.32 Å². The Hall–Kier alpha value is -1.47. The van der Waals surface area contributed by atoms with Crippen LogP contribution >= 0.6 is 11.5 Å². The standard InChI is InChI=1S/C12H19N3O3S/c1-6-7(9(16)17)8(19-15-6)14-10(18)11(2,3)12(4,5)13/h13H2,1-5H3,(H,14,18)(H,16,17). The van der Waals surface area contributed by atoms with Crippen LogP contribution < -0.4 is 11.1 Å². The first-order valence-corrected chi connectivity index (χ1v) is 6.55. The van der Waals surface area contributed by atoms with E-state index < -0.39 is 16.9 Å². The number of aromatic carboxylic acids is 1. The van der Waals surface area contributed by atoms with Gasteiger partial charge in [-0.05, 0) is 46.2 Å². The Balaban J connectivity index is 3.05. The highest BCUT2D eigenvalue weighted by Crippen LogP contribution is 2.32. The number of aryl methyl sites for hydroxylation is 1. The molecular weight excluding hydrogens is 266 g/mol. The van der Waals surface area contributed by atoms with Gasteiger partial charge in [-0.2, -0.15) is 4.37 Å². The van der Waals surface area contributed by atoms with E-state index in [9.17, 15) is 9.59 Å².